The number of rotatable bonds is 1. The third-order valence-corrected chi connectivity index (χ3v) is 9.04. The maximum atomic E-state index is 15.0. The Labute approximate surface area is 195 Å². The number of halogens is 1. The Morgan fingerprint density at radius 3 is 2.88 bits per heavy atom. The number of amidine groups is 1. The van der Waals surface area contributed by atoms with E-state index in [4.69, 9.17) is 9.83 Å². The van der Waals surface area contributed by atoms with E-state index in [0.29, 0.717) is 40.6 Å². The Bertz CT molecular complexity index is 1090. The highest BCUT2D eigenvalue weighted by molar-refractivity contribution is 5.97. The van der Waals surface area contributed by atoms with Crippen LogP contribution in [-0.2, 0) is 0 Å². The molecule has 3 fully saturated rings. The SMILES string of the molecule is CC1(C)CC2CCN=C3C=CN4C(=C(c5cc(ccc5F)ON[C@@H]2CC1C1CC1)C1CC14)N3. The van der Waals surface area contributed by atoms with Gasteiger partial charge in [0.25, 0.3) is 0 Å². The normalized spacial score (nSPS) is 36.2. The summed E-state index contributed by atoms with van der Waals surface area (Å²) in [6, 6.07) is 5.91. The summed E-state index contributed by atoms with van der Waals surface area (Å²) in [6.07, 6.45) is 11.4. The number of nitrogens with zero attached hydrogens (tertiary/aromatic N) is 2. The summed E-state index contributed by atoms with van der Waals surface area (Å²) in [5.74, 6) is 4.85. The van der Waals surface area contributed by atoms with Crippen LogP contribution in [0.1, 0.15) is 57.9 Å². The van der Waals surface area contributed by atoms with Gasteiger partial charge in [0.2, 0.25) is 0 Å². The lowest BCUT2D eigenvalue weighted by Crippen LogP contribution is -2.49. The van der Waals surface area contributed by atoms with Crippen molar-refractivity contribution in [2.45, 2.75) is 64.5 Å². The number of nitrogens with one attached hydrogen (secondary N) is 2. The van der Waals surface area contributed by atoms with Gasteiger partial charge in [0.1, 0.15) is 23.2 Å². The molecule has 0 spiro atoms. The molecule has 0 saturated heterocycles. The van der Waals surface area contributed by atoms with Gasteiger partial charge < -0.3 is 15.1 Å². The first-order valence-electron chi connectivity index (χ1n) is 12.7. The number of benzene rings is 1. The lowest BCUT2D eigenvalue weighted by molar-refractivity contribution is 0.00512. The highest BCUT2D eigenvalue weighted by atomic mass is 19.1. The first-order chi connectivity index (χ1) is 16.0. The van der Waals surface area contributed by atoms with E-state index in [9.17, 15) is 0 Å². The minimum Gasteiger partial charge on any atom is -0.408 e. The molecule has 0 amide bonds. The zero-order chi connectivity index (χ0) is 22.3. The van der Waals surface area contributed by atoms with E-state index in [2.05, 4.69) is 41.8 Å². The molecule has 4 unspecified atom stereocenters. The molecule has 0 aromatic heterocycles. The fourth-order valence-electron chi connectivity index (χ4n) is 7.13. The molecule has 6 heteroatoms. The molecule has 1 aromatic carbocycles. The van der Waals surface area contributed by atoms with Crippen molar-refractivity contribution in [3.05, 3.63) is 47.7 Å². The molecule has 3 aliphatic heterocycles. The van der Waals surface area contributed by atoms with E-state index in [1.807, 2.05) is 6.07 Å². The van der Waals surface area contributed by atoms with E-state index >= 15 is 4.39 Å². The number of hydrogen-bond acceptors (Lipinski definition) is 5. The Morgan fingerprint density at radius 1 is 1.15 bits per heavy atom. The van der Waals surface area contributed by atoms with E-state index in [0.717, 1.165) is 54.9 Å². The molecule has 33 heavy (non-hydrogen) atoms. The van der Waals surface area contributed by atoms with Crippen LogP contribution >= 0.6 is 0 Å². The van der Waals surface area contributed by atoms with Crippen LogP contribution < -0.4 is 15.6 Å². The van der Waals surface area contributed by atoms with E-state index in [1.165, 1.54) is 19.3 Å². The molecular weight excluding hydrogens is 415 g/mol. The summed E-state index contributed by atoms with van der Waals surface area (Å²) < 4.78 is 15.0. The molecule has 5 nitrogen and oxygen atoms in total. The molecule has 2 N–H and O–H groups in total. The van der Waals surface area contributed by atoms with Crippen LogP contribution in [0.25, 0.3) is 5.57 Å². The molecule has 7 rings (SSSR count). The molecule has 6 aliphatic rings. The van der Waals surface area contributed by atoms with Crippen molar-refractivity contribution in [2.24, 2.45) is 34.1 Å². The first kappa shape index (κ1) is 20.1. The largest absolute Gasteiger partial charge is 0.408 e. The minimum absolute atomic E-state index is 0.189. The van der Waals surface area contributed by atoms with E-state index in [-0.39, 0.29) is 5.82 Å². The van der Waals surface area contributed by atoms with Gasteiger partial charge in [-0.1, -0.05) is 13.8 Å². The third-order valence-electron chi connectivity index (χ3n) is 9.04. The number of hydroxylamine groups is 1. The summed E-state index contributed by atoms with van der Waals surface area (Å²) in [7, 11) is 0. The Balaban J connectivity index is 1.26. The Kier molecular flexibility index (Phi) is 4.31. The third kappa shape index (κ3) is 3.32. The lowest BCUT2D eigenvalue weighted by atomic mass is 9.61. The predicted octanol–water partition coefficient (Wildman–Crippen LogP) is 4.83. The van der Waals surface area contributed by atoms with Crippen LogP contribution in [0.5, 0.6) is 5.75 Å². The average molecular weight is 449 g/mol. The zero-order valence-electron chi connectivity index (χ0n) is 19.5. The number of hydrogen-bond donors (Lipinski definition) is 2. The molecule has 3 aliphatic carbocycles. The van der Waals surface area contributed by atoms with Crippen molar-refractivity contribution >= 4 is 11.4 Å². The summed E-state index contributed by atoms with van der Waals surface area (Å²) in [4.78, 5) is 13.3. The van der Waals surface area contributed by atoms with Crippen molar-refractivity contribution in [1.29, 1.82) is 0 Å². The maximum absolute atomic E-state index is 15.0. The molecule has 5 atom stereocenters. The second-order valence-electron chi connectivity index (χ2n) is 11.7. The van der Waals surface area contributed by atoms with Gasteiger partial charge in [0.15, 0.2) is 0 Å². The van der Waals surface area contributed by atoms with Gasteiger partial charge in [-0.2, -0.15) is 5.48 Å². The fraction of sp³-hybridized carbons (Fsp3) is 0.593. The van der Waals surface area contributed by atoms with Crippen LogP contribution in [0.15, 0.2) is 41.3 Å². The molecule has 0 radical (unpaired) electrons. The number of aliphatic imine (C=N–C) groups is 1. The van der Waals surface area contributed by atoms with Crippen molar-refractivity contribution in [1.82, 2.24) is 15.7 Å². The second kappa shape index (κ2) is 7.08. The van der Waals surface area contributed by atoms with Crippen molar-refractivity contribution in [3.63, 3.8) is 0 Å². The Morgan fingerprint density at radius 2 is 2.03 bits per heavy atom. The summed E-state index contributed by atoms with van der Waals surface area (Å²) in [6.45, 7) is 5.70. The summed E-state index contributed by atoms with van der Waals surface area (Å²) in [5, 5.41) is 3.53. The van der Waals surface area contributed by atoms with Crippen LogP contribution in [0.4, 0.5) is 4.39 Å². The van der Waals surface area contributed by atoms with Crippen LogP contribution in [0.2, 0.25) is 0 Å². The van der Waals surface area contributed by atoms with Gasteiger partial charge in [-0.15, -0.1) is 0 Å². The van der Waals surface area contributed by atoms with Gasteiger partial charge in [-0.25, -0.2) is 4.39 Å². The molecule has 3 saturated carbocycles. The second-order valence-corrected chi connectivity index (χ2v) is 11.7. The summed E-state index contributed by atoms with van der Waals surface area (Å²) >= 11 is 0. The van der Waals surface area contributed by atoms with Gasteiger partial charge in [-0.3, -0.25) is 4.99 Å². The maximum Gasteiger partial charge on any atom is 0.147 e. The van der Waals surface area contributed by atoms with Gasteiger partial charge in [0.05, 0.1) is 0 Å². The standard InChI is InChI=1S/C27H33FN4O/c1-27(2)14-16-7-9-29-24-8-10-32-23-12-19(23)25(26(32)30-24)18-11-17(5-6-21(18)28)33-31-22(16)13-20(27)15-3-4-15/h5-6,8,10-11,15-16,19-20,22-23,31H,3-4,7,9,12-14H2,1-2H3,(H,29,30)/t16?,19?,20?,22-,23?/m1/s1. The smallest absolute Gasteiger partial charge is 0.147 e. The van der Waals surface area contributed by atoms with Crippen LogP contribution in [0.3, 0.4) is 0 Å². The topological polar surface area (TPSA) is 48.9 Å². The van der Waals surface area contributed by atoms with Crippen molar-refractivity contribution in [3.8, 4) is 5.75 Å². The first-order valence-corrected chi connectivity index (χ1v) is 12.7. The van der Waals surface area contributed by atoms with Crippen molar-refractivity contribution < 1.29 is 9.23 Å². The lowest BCUT2D eigenvalue weighted by Gasteiger charge is -2.47. The van der Waals surface area contributed by atoms with Crippen LogP contribution in [0, 0.1) is 34.9 Å². The molecule has 174 valence electrons. The highest BCUT2D eigenvalue weighted by Crippen LogP contribution is 2.56. The molecular formula is C27H33FN4O. The molecule has 4 bridgehead atoms. The highest BCUT2D eigenvalue weighted by Gasteiger charge is 2.53. The predicted molar refractivity (Wildman–Crippen MR) is 127 cm³/mol. The quantitative estimate of drug-likeness (QED) is 0.646. The van der Waals surface area contributed by atoms with Gasteiger partial charge >= 0.3 is 0 Å². The monoisotopic (exact) mass is 448 g/mol. The minimum atomic E-state index is -0.189. The molecule has 3 heterocycles. The van der Waals surface area contributed by atoms with E-state index < -0.39 is 0 Å². The zero-order valence-corrected chi connectivity index (χ0v) is 19.5. The average Bonchev–Trinajstić information content (AvgIpc) is 3.71. The van der Waals surface area contributed by atoms with Gasteiger partial charge in [-0.05, 0) is 86.0 Å². The van der Waals surface area contributed by atoms with E-state index in [1.54, 1.807) is 12.1 Å². The molecule has 1 aromatic rings. The Hall–Kier alpha value is -2.34. The number of fused-ring (bicyclic) bond motifs is 8. The van der Waals surface area contributed by atoms with Crippen molar-refractivity contribution in [2.75, 3.05) is 6.54 Å². The van der Waals surface area contributed by atoms with Crippen LogP contribution in [-0.4, -0.2) is 29.4 Å². The fourth-order valence-corrected chi connectivity index (χ4v) is 7.13. The van der Waals surface area contributed by atoms with Gasteiger partial charge in [0, 0.05) is 41.9 Å². The summed E-state index contributed by atoms with van der Waals surface area (Å²) in [5.41, 5.74) is 5.50.